The largest absolute Gasteiger partial charge is 0.363 e. The van der Waals surface area contributed by atoms with Crippen molar-refractivity contribution in [3.63, 3.8) is 0 Å². The highest BCUT2D eigenvalue weighted by Gasteiger charge is 2.37. The van der Waals surface area contributed by atoms with Gasteiger partial charge in [-0.25, -0.2) is 0 Å². The number of nitrogens with zero attached hydrogens (tertiary/aromatic N) is 2. The minimum Gasteiger partial charge on any atom is -0.363 e. The Labute approximate surface area is 80.3 Å². The lowest BCUT2D eigenvalue weighted by Crippen LogP contribution is -2.52. The molecule has 1 fully saturated rings. The minimum absolute atomic E-state index is 0.302. The summed E-state index contributed by atoms with van der Waals surface area (Å²) in [6, 6.07) is 0. The Morgan fingerprint density at radius 2 is 2.31 bits per heavy atom. The van der Waals surface area contributed by atoms with E-state index >= 15 is 0 Å². The molecule has 1 saturated heterocycles. The maximum atomic E-state index is 4.22. The van der Waals surface area contributed by atoms with E-state index in [1.807, 2.05) is 12.4 Å². The summed E-state index contributed by atoms with van der Waals surface area (Å²) >= 11 is 0. The summed E-state index contributed by atoms with van der Waals surface area (Å²) < 4.78 is 0. The third-order valence-corrected chi connectivity index (χ3v) is 3.68. The van der Waals surface area contributed by atoms with Crippen LogP contribution >= 0.6 is 0 Å². The number of aliphatic imine (C=N–C) groups is 1. The topological polar surface area (TPSA) is 15.6 Å². The molecule has 2 heterocycles. The Kier molecular flexibility index (Phi) is 1.94. The van der Waals surface area contributed by atoms with E-state index < -0.39 is 0 Å². The van der Waals surface area contributed by atoms with Gasteiger partial charge in [-0.2, -0.15) is 0 Å². The first-order valence-corrected chi connectivity index (χ1v) is 5.10. The van der Waals surface area contributed by atoms with E-state index in [-0.39, 0.29) is 0 Å². The normalized spacial score (nSPS) is 31.2. The van der Waals surface area contributed by atoms with Crippen LogP contribution in [0.15, 0.2) is 16.9 Å². The predicted molar refractivity (Wildman–Crippen MR) is 55.8 cm³/mol. The van der Waals surface area contributed by atoms with Crippen molar-refractivity contribution >= 4 is 6.21 Å². The van der Waals surface area contributed by atoms with Crippen molar-refractivity contribution in [1.29, 1.82) is 0 Å². The van der Waals surface area contributed by atoms with E-state index in [0.717, 1.165) is 12.5 Å². The molecule has 2 aliphatic rings. The van der Waals surface area contributed by atoms with Crippen LogP contribution in [0.3, 0.4) is 0 Å². The summed E-state index contributed by atoms with van der Waals surface area (Å²) in [7, 11) is 0. The number of hydrogen-bond donors (Lipinski definition) is 0. The number of fused-ring (bicyclic) bond motifs is 1. The molecule has 0 aromatic heterocycles. The van der Waals surface area contributed by atoms with Crippen molar-refractivity contribution in [3.05, 3.63) is 11.9 Å². The highest BCUT2D eigenvalue weighted by Crippen LogP contribution is 2.38. The van der Waals surface area contributed by atoms with Crippen molar-refractivity contribution in [2.24, 2.45) is 10.9 Å². The fraction of sp³-hybridized carbons (Fsp3) is 0.727. The molecule has 0 N–H and O–H groups in total. The molecule has 0 radical (unpaired) electrons. The van der Waals surface area contributed by atoms with Gasteiger partial charge in [-0.15, -0.1) is 0 Å². The SMILES string of the molecule is CC1CCC2=CN=CCN2C1(C)C. The summed E-state index contributed by atoms with van der Waals surface area (Å²) in [6.07, 6.45) is 6.52. The van der Waals surface area contributed by atoms with Gasteiger partial charge in [0.1, 0.15) is 0 Å². The lowest BCUT2D eigenvalue weighted by Gasteiger charge is -2.49. The van der Waals surface area contributed by atoms with Gasteiger partial charge in [0.2, 0.25) is 0 Å². The van der Waals surface area contributed by atoms with E-state index in [2.05, 4.69) is 30.7 Å². The molecule has 0 bridgehead atoms. The fourth-order valence-corrected chi connectivity index (χ4v) is 2.24. The monoisotopic (exact) mass is 178 g/mol. The van der Waals surface area contributed by atoms with Crippen molar-refractivity contribution < 1.29 is 0 Å². The minimum atomic E-state index is 0.302. The van der Waals surface area contributed by atoms with Crippen LogP contribution in [0.25, 0.3) is 0 Å². The summed E-state index contributed by atoms with van der Waals surface area (Å²) in [5, 5.41) is 0. The van der Waals surface area contributed by atoms with Crippen LogP contribution in [-0.2, 0) is 0 Å². The molecule has 0 spiro atoms. The Morgan fingerprint density at radius 3 is 3.08 bits per heavy atom. The molecule has 0 saturated carbocycles. The van der Waals surface area contributed by atoms with Crippen LogP contribution < -0.4 is 0 Å². The summed E-state index contributed by atoms with van der Waals surface area (Å²) in [4.78, 5) is 6.72. The molecule has 0 aromatic carbocycles. The van der Waals surface area contributed by atoms with Gasteiger partial charge in [-0.1, -0.05) is 6.92 Å². The van der Waals surface area contributed by atoms with Gasteiger partial charge in [0.15, 0.2) is 0 Å². The average Bonchev–Trinajstić information content (AvgIpc) is 2.13. The molecule has 1 unspecified atom stereocenters. The predicted octanol–water partition coefficient (Wildman–Crippen LogP) is 2.42. The Hall–Kier alpha value is -0.790. The van der Waals surface area contributed by atoms with Crippen molar-refractivity contribution in [2.75, 3.05) is 6.54 Å². The molecular weight excluding hydrogens is 160 g/mol. The standard InChI is InChI=1S/C11H18N2/c1-9-4-5-10-8-12-6-7-13(10)11(9,2)3/h6,8-9H,4-5,7H2,1-3H3. The second-order valence-electron chi connectivity index (χ2n) is 4.66. The van der Waals surface area contributed by atoms with Gasteiger partial charge in [0.05, 0.1) is 6.54 Å². The number of allylic oxidation sites excluding steroid dienone is 1. The zero-order valence-electron chi connectivity index (χ0n) is 8.75. The Balaban J connectivity index is 2.29. The quantitative estimate of drug-likeness (QED) is 0.556. The lowest BCUT2D eigenvalue weighted by atomic mass is 9.79. The molecule has 0 amide bonds. The second kappa shape index (κ2) is 2.86. The van der Waals surface area contributed by atoms with Gasteiger partial charge in [0.25, 0.3) is 0 Å². The average molecular weight is 178 g/mol. The smallest absolute Gasteiger partial charge is 0.0535 e. The molecule has 0 aromatic rings. The van der Waals surface area contributed by atoms with Crippen LogP contribution in [-0.4, -0.2) is 23.2 Å². The third kappa shape index (κ3) is 1.28. The van der Waals surface area contributed by atoms with E-state index in [0.29, 0.717) is 5.54 Å². The van der Waals surface area contributed by atoms with Crippen molar-refractivity contribution in [1.82, 2.24) is 4.90 Å². The summed E-state index contributed by atoms with van der Waals surface area (Å²) in [6.45, 7) is 8.01. The first kappa shape index (κ1) is 8.79. The van der Waals surface area contributed by atoms with Gasteiger partial charge in [-0.3, -0.25) is 4.99 Å². The highest BCUT2D eigenvalue weighted by atomic mass is 15.2. The van der Waals surface area contributed by atoms with Crippen LogP contribution in [0.4, 0.5) is 0 Å². The fourth-order valence-electron chi connectivity index (χ4n) is 2.24. The maximum Gasteiger partial charge on any atom is 0.0535 e. The van der Waals surface area contributed by atoms with Crippen LogP contribution in [0.1, 0.15) is 33.6 Å². The first-order valence-electron chi connectivity index (χ1n) is 5.10. The molecule has 0 aliphatic carbocycles. The molecular formula is C11H18N2. The van der Waals surface area contributed by atoms with E-state index in [1.54, 1.807) is 0 Å². The summed E-state index contributed by atoms with van der Waals surface area (Å²) in [5.74, 6) is 0.774. The van der Waals surface area contributed by atoms with Crippen LogP contribution in [0, 0.1) is 5.92 Å². The van der Waals surface area contributed by atoms with Crippen molar-refractivity contribution in [3.8, 4) is 0 Å². The van der Waals surface area contributed by atoms with Gasteiger partial charge < -0.3 is 4.90 Å². The Bertz CT molecular complexity index is 263. The van der Waals surface area contributed by atoms with Gasteiger partial charge in [-0.05, 0) is 32.6 Å². The zero-order chi connectivity index (χ0) is 9.47. The van der Waals surface area contributed by atoms with E-state index in [4.69, 9.17) is 0 Å². The number of hydrogen-bond acceptors (Lipinski definition) is 2. The van der Waals surface area contributed by atoms with Crippen LogP contribution in [0.5, 0.6) is 0 Å². The molecule has 2 heteroatoms. The van der Waals surface area contributed by atoms with Gasteiger partial charge >= 0.3 is 0 Å². The third-order valence-electron chi connectivity index (χ3n) is 3.68. The number of rotatable bonds is 0. The number of piperidine rings is 1. The molecule has 13 heavy (non-hydrogen) atoms. The highest BCUT2D eigenvalue weighted by molar-refractivity contribution is 5.62. The molecule has 1 atom stereocenters. The maximum absolute atomic E-state index is 4.22. The van der Waals surface area contributed by atoms with Crippen molar-refractivity contribution in [2.45, 2.75) is 39.2 Å². The first-order chi connectivity index (χ1) is 6.12. The zero-order valence-corrected chi connectivity index (χ0v) is 8.75. The lowest BCUT2D eigenvalue weighted by molar-refractivity contribution is 0.0810. The Morgan fingerprint density at radius 1 is 1.54 bits per heavy atom. The molecule has 2 aliphatic heterocycles. The second-order valence-corrected chi connectivity index (χ2v) is 4.66. The van der Waals surface area contributed by atoms with E-state index in [9.17, 15) is 0 Å². The van der Waals surface area contributed by atoms with E-state index in [1.165, 1.54) is 18.5 Å². The summed E-state index contributed by atoms with van der Waals surface area (Å²) in [5.41, 5.74) is 1.72. The van der Waals surface area contributed by atoms with Crippen LogP contribution in [0.2, 0.25) is 0 Å². The molecule has 72 valence electrons. The molecule has 2 nitrogen and oxygen atoms in total. The molecule has 2 rings (SSSR count). The van der Waals surface area contributed by atoms with Gasteiger partial charge in [0, 0.05) is 23.7 Å².